The third kappa shape index (κ3) is 1.64. The first-order chi connectivity index (χ1) is 4.74. The van der Waals surface area contributed by atoms with Gasteiger partial charge in [0.1, 0.15) is 5.69 Å². The summed E-state index contributed by atoms with van der Waals surface area (Å²) >= 11 is 6.39. The molecule has 0 aliphatic heterocycles. The third-order valence-electron chi connectivity index (χ3n) is 1.01. The van der Waals surface area contributed by atoms with E-state index in [1.807, 2.05) is 6.07 Å². The first-order valence-electron chi connectivity index (χ1n) is 2.52. The van der Waals surface area contributed by atoms with Crippen LogP contribution >= 0.6 is 31.9 Å². The maximum absolute atomic E-state index is 10.1. The fourth-order valence-corrected chi connectivity index (χ4v) is 1.22. The Labute approximate surface area is 74.9 Å². The lowest BCUT2D eigenvalue weighted by molar-refractivity contribution is 1.45. The molecule has 1 aromatic carbocycles. The minimum atomic E-state index is 0.411. The van der Waals surface area contributed by atoms with E-state index in [-0.39, 0.29) is 0 Å². The maximum atomic E-state index is 10.1. The molecule has 0 amide bonds. The number of hydrogen-bond acceptors (Lipinski definition) is 2. The minimum absolute atomic E-state index is 0.411. The summed E-state index contributed by atoms with van der Waals surface area (Å²) in [4.78, 5) is 10.1. The van der Waals surface area contributed by atoms with Gasteiger partial charge in [-0.05, 0) is 39.3 Å². The second-order valence-corrected chi connectivity index (χ2v) is 3.46. The zero-order valence-electron chi connectivity index (χ0n) is 4.84. The highest BCUT2D eigenvalue weighted by Gasteiger charge is 1.98. The van der Waals surface area contributed by atoms with Crippen molar-refractivity contribution < 1.29 is 0 Å². The van der Waals surface area contributed by atoms with Crippen molar-refractivity contribution in [1.82, 2.24) is 0 Å². The molecule has 0 bridgehead atoms. The zero-order valence-corrected chi connectivity index (χ0v) is 8.02. The summed E-state index contributed by atoms with van der Waals surface area (Å²) in [5, 5.41) is 2.80. The van der Waals surface area contributed by atoms with E-state index in [0.717, 1.165) is 4.47 Å². The molecule has 0 unspecified atom stereocenters. The highest BCUT2D eigenvalue weighted by molar-refractivity contribution is 9.11. The predicted octanol–water partition coefficient (Wildman–Crippen LogP) is 3.61. The van der Waals surface area contributed by atoms with Gasteiger partial charge in [-0.15, -0.1) is 4.91 Å². The number of halogens is 2. The summed E-state index contributed by atoms with van der Waals surface area (Å²) in [6.45, 7) is 0. The average molecular weight is 265 g/mol. The van der Waals surface area contributed by atoms with E-state index in [9.17, 15) is 4.91 Å². The lowest BCUT2D eigenvalue weighted by atomic mass is 10.3. The van der Waals surface area contributed by atoms with Crippen molar-refractivity contribution in [3.05, 3.63) is 32.1 Å². The van der Waals surface area contributed by atoms with Crippen LogP contribution in [0.3, 0.4) is 0 Å². The van der Waals surface area contributed by atoms with Gasteiger partial charge in [-0.25, -0.2) is 0 Å². The zero-order chi connectivity index (χ0) is 7.56. The van der Waals surface area contributed by atoms with Crippen LogP contribution in [0.2, 0.25) is 0 Å². The van der Waals surface area contributed by atoms with Crippen molar-refractivity contribution in [3.63, 3.8) is 0 Å². The van der Waals surface area contributed by atoms with Crippen molar-refractivity contribution in [3.8, 4) is 0 Å². The molecule has 10 heavy (non-hydrogen) atoms. The van der Waals surface area contributed by atoms with Crippen LogP contribution in [0.1, 0.15) is 0 Å². The summed E-state index contributed by atoms with van der Waals surface area (Å²) < 4.78 is 1.57. The van der Waals surface area contributed by atoms with Crippen LogP contribution in [-0.2, 0) is 0 Å². The SMILES string of the molecule is O=Nc1cc(Br)ccc1Br. The third-order valence-corrected chi connectivity index (χ3v) is 2.17. The summed E-state index contributed by atoms with van der Waals surface area (Å²) in [7, 11) is 0. The Hall–Kier alpha value is -0.220. The molecular weight excluding hydrogens is 262 g/mol. The fourth-order valence-electron chi connectivity index (χ4n) is 0.556. The standard InChI is InChI=1S/C6H3Br2NO/c7-4-1-2-5(8)6(3-4)9-10/h1-3H. The van der Waals surface area contributed by atoms with E-state index < -0.39 is 0 Å². The van der Waals surface area contributed by atoms with E-state index in [2.05, 4.69) is 37.0 Å². The highest BCUT2D eigenvalue weighted by Crippen LogP contribution is 2.27. The lowest BCUT2D eigenvalue weighted by Crippen LogP contribution is -1.67. The van der Waals surface area contributed by atoms with Crippen molar-refractivity contribution in [2.24, 2.45) is 5.18 Å². The molecule has 1 aromatic rings. The van der Waals surface area contributed by atoms with Crippen LogP contribution in [0.25, 0.3) is 0 Å². The predicted molar refractivity (Wildman–Crippen MR) is 47.3 cm³/mol. The molecule has 0 aliphatic rings. The monoisotopic (exact) mass is 263 g/mol. The van der Waals surface area contributed by atoms with E-state index in [4.69, 9.17) is 0 Å². The molecule has 2 nitrogen and oxygen atoms in total. The number of nitrogens with zero attached hydrogens (tertiary/aromatic N) is 1. The highest BCUT2D eigenvalue weighted by atomic mass is 79.9. The second kappa shape index (κ2) is 3.25. The Kier molecular flexibility index (Phi) is 2.56. The summed E-state index contributed by atoms with van der Waals surface area (Å²) in [6, 6.07) is 5.25. The smallest absolute Gasteiger partial charge is 0.123 e. The molecule has 0 spiro atoms. The Bertz CT molecular complexity index is 262. The molecule has 0 atom stereocenters. The van der Waals surface area contributed by atoms with Gasteiger partial charge in [0.25, 0.3) is 0 Å². The first-order valence-corrected chi connectivity index (χ1v) is 4.11. The molecule has 0 N–H and O–H groups in total. The van der Waals surface area contributed by atoms with Crippen molar-refractivity contribution in [1.29, 1.82) is 0 Å². The Morgan fingerprint density at radius 3 is 2.50 bits per heavy atom. The van der Waals surface area contributed by atoms with Crippen LogP contribution in [0.5, 0.6) is 0 Å². The molecule has 1 rings (SSSR count). The van der Waals surface area contributed by atoms with Gasteiger partial charge >= 0.3 is 0 Å². The van der Waals surface area contributed by atoms with Gasteiger partial charge < -0.3 is 0 Å². The van der Waals surface area contributed by atoms with Gasteiger partial charge in [-0.3, -0.25) is 0 Å². The van der Waals surface area contributed by atoms with Gasteiger partial charge in [-0.1, -0.05) is 15.9 Å². The summed E-state index contributed by atoms with van der Waals surface area (Å²) in [5.74, 6) is 0. The molecule has 0 saturated carbocycles. The molecule has 0 saturated heterocycles. The lowest BCUT2D eigenvalue weighted by Gasteiger charge is -1.93. The molecule has 4 heteroatoms. The molecule has 0 aliphatic carbocycles. The van der Waals surface area contributed by atoms with Gasteiger partial charge in [0.15, 0.2) is 0 Å². The fraction of sp³-hybridized carbons (Fsp3) is 0. The van der Waals surface area contributed by atoms with E-state index in [0.29, 0.717) is 10.2 Å². The topological polar surface area (TPSA) is 29.4 Å². The second-order valence-electron chi connectivity index (χ2n) is 1.69. The molecule has 0 fully saturated rings. The van der Waals surface area contributed by atoms with Crippen molar-refractivity contribution in [2.75, 3.05) is 0 Å². The van der Waals surface area contributed by atoms with Crippen LogP contribution in [0.15, 0.2) is 32.3 Å². The number of benzene rings is 1. The van der Waals surface area contributed by atoms with Crippen LogP contribution < -0.4 is 0 Å². The van der Waals surface area contributed by atoms with Crippen molar-refractivity contribution >= 4 is 37.5 Å². The van der Waals surface area contributed by atoms with Gasteiger partial charge in [0.2, 0.25) is 0 Å². The molecular formula is C6H3Br2NO. The van der Waals surface area contributed by atoms with Gasteiger partial charge in [0, 0.05) is 8.95 Å². The van der Waals surface area contributed by atoms with Crippen molar-refractivity contribution in [2.45, 2.75) is 0 Å². The number of rotatable bonds is 1. The van der Waals surface area contributed by atoms with E-state index in [1.54, 1.807) is 12.1 Å². The van der Waals surface area contributed by atoms with E-state index >= 15 is 0 Å². The van der Waals surface area contributed by atoms with E-state index in [1.165, 1.54) is 0 Å². The van der Waals surface area contributed by atoms with Gasteiger partial charge in [0.05, 0.1) is 0 Å². The van der Waals surface area contributed by atoms with Gasteiger partial charge in [-0.2, -0.15) is 0 Å². The van der Waals surface area contributed by atoms with Crippen LogP contribution in [0.4, 0.5) is 5.69 Å². The minimum Gasteiger partial charge on any atom is -0.145 e. The largest absolute Gasteiger partial charge is 0.145 e. The van der Waals surface area contributed by atoms with Crippen LogP contribution in [-0.4, -0.2) is 0 Å². The Morgan fingerprint density at radius 2 is 2.00 bits per heavy atom. The summed E-state index contributed by atoms with van der Waals surface area (Å²) in [5.41, 5.74) is 0.411. The normalized spacial score (nSPS) is 9.40. The first kappa shape index (κ1) is 7.88. The summed E-state index contributed by atoms with van der Waals surface area (Å²) in [6.07, 6.45) is 0. The Balaban J connectivity index is 3.21. The number of nitroso groups, excluding NO2 is 1. The molecule has 52 valence electrons. The maximum Gasteiger partial charge on any atom is 0.123 e. The molecule has 0 aromatic heterocycles. The quantitative estimate of drug-likeness (QED) is 0.713. The Morgan fingerprint density at radius 1 is 1.30 bits per heavy atom. The molecule has 0 radical (unpaired) electrons. The average Bonchev–Trinajstić information content (AvgIpc) is 1.94. The number of hydrogen-bond donors (Lipinski definition) is 0. The molecule has 0 heterocycles. The van der Waals surface area contributed by atoms with Crippen LogP contribution in [0, 0.1) is 4.91 Å².